The first-order valence-electron chi connectivity index (χ1n) is 8.41. The number of fused-ring (bicyclic) bond motifs is 1. The van der Waals surface area contributed by atoms with E-state index in [0.29, 0.717) is 11.8 Å². The SMILES string of the molecule is CN1CC[C@@H]2CN(Cc3ccc(C(C)(C)C)cc3)C[C@@H]2C1=O. The van der Waals surface area contributed by atoms with Crippen molar-refractivity contribution in [1.29, 1.82) is 0 Å². The second-order valence-electron chi connectivity index (χ2n) is 8.06. The molecule has 0 saturated carbocycles. The number of carbonyl (C=O) groups is 1. The van der Waals surface area contributed by atoms with Gasteiger partial charge in [-0.1, -0.05) is 45.0 Å². The van der Waals surface area contributed by atoms with Crippen molar-refractivity contribution in [2.24, 2.45) is 11.8 Å². The average Bonchev–Trinajstić information content (AvgIpc) is 2.86. The molecule has 1 aromatic carbocycles. The molecule has 0 unspecified atom stereocenters. The Hall–Kier alpha value is -1.35. The Kier molecular flexibility index (Phi) is 4.02. The van der Waals surface area contributed by atoms with E-state index in [9.17, 15) is 4.79 Å². The predicted octanol–water partition coefficient (Wildman–Crippen LogP) is 2.89. The highest BCUT2D eigenvalue weighted by Crippen LogP contribution is 2.32. The summed E-state index contributed by atoms with van der Waals surface area (Å²) in [6.45, 7) is 10.6. The summed E-state index contributed by atoms with van der Waals surface area (Å²) < 4.78 is 0. The van der Waals surface area contributed by atoms with Gasteiger partial charge in [-0.25, -0.2) is 0 Å². The quantitative estimate of drug-likeness (QED) is 0.838. The van der Waals surface area contributed by atoms with Gasteiger partial charge >= 0.3 is 0 Å². The Bertz CT molecular complexity index is 544. The van der Waals surface area contributed by atoms with Crippen molar-refractivity contribution in [2.45, 2.75) is 39.2 Å². The van der Waals surface area contributed by atoms with Gasteiger partial charge in [-0.2, -0.15) is 0 Å². The van der Waals surface area contributed by atoms with E-state index in [-0.39, 0.29) is 11.3 Å². The molecule has 0 radical (unpaired) electrons. The summed E-state index contributed by atoms with van der Waals surface area (Å²) in [4.78, 5) is 16.6. The van der Waals surface area contributed by atoms with Crippen LogP contribution in [0.2, 0.25) is 0 Å². The molecule has 2 aliphatic heterocycles. The lowest BCUT2D eigenvalue weighted by Gasteiger charge is -2.30. The lowest BCUT2D eigenvalue weighted by Crippen LogP contribution is -2.42. The molecule has 3 heteroatoms. The van der Waals surface area contributed by atoms with Gasteiger partial charge in [-0.3, -0.25) is 9.69 Å². The predicted molar refractivity (Wildman–Crippen MR) is 89.7 cm³/mol. The van der Waals surface area contributed by atoms with E-state index in [2.05, 4.69) is 49.9 Å². The number of piperidine rings is 1. The van der Waals surface area contributed by atoms with Crippen molar-refractivity contribution >= 4 is 5.91 Å². The molecule has 0 bridgehead atoms. The highest BCUT2D eigenvalue weighted by Gasteiger charge is 2.41. The minimum atomic E-state index is 0.206. The van der Waals surface area contributed by atoms with Crippen LogP contribution in [0.1, 0.15) is 38.3 Å². The van der Waals surface area contributed by atoms with Crippen molar-refractivity contribution in [3.05, 3.63) is 35.4 Å². The van der Waals surface area contributed by atoms with Crippen LogP contribution in [-0.4, -0.2) is 42.4 Å². The molecule has 3 nitrogen and oxygen atoms in total. The standard InChI is InChI=1S/C19H28N2O/c1-19(2,3)16-7-5-14(6-8-16)11-21-12-15-9-10-20(4)18(22)17(15)13-21/h5-8,15,17H,9-13H2,1-4H3/t15-,17+/m1/s1. The Balaban J connectivity index is 1.64. The zero-order valence-electron chi connectivity index (χ0n) is 14.3. The fourth-order valence-electron chi connectivity index (χ4n) is 3.78. The van der Waals surface area contributed by atoms with Crippen LogP contribution in [-0.2, 0) is 16.8 Å². The third-order valence-corrected chi connectivity index (χ3v) is 5.27. The molecule has 2 fully saturated rings. The molecule has 1 aromatic rings. The maximum absolute atomic E-state index is 12.3. The van der Waals surface area contributed by atoms with Gasteiger partial charge in [-0.15, -0.1) is 0 Å². The number of carbonyl (C=O) groups excluding carboxylic acids is 1. The van der Waals surface area contributed by atoms with E-state index in [1.54, 1.807) is 0 Å². The van der Waals surface area contributed by atoms with Crippen LogP contribution in [0.25, 0.3) is 0 Å². The molecule has 2 atom stereocenters. The molecule has 0 spiro atoms. The van der Waals surface area contributed by atoms with Gasteiger partial charge in [0.05, 0.1) is 5.92 Å². The monoisotopic (exact) mass is 300 g/mol. The minimum absolute atomic E-state index is 0.206. The molecule has 120 valence electrons. The Morgan fingerprint density at radius 2 is 1.82 bits per heavy atom. The Morgan fingerprint density at radius 3 is 2.45 bits per heavy atom. The van der Waals surface area contributed by atoms with Crippen molar-refractivity contribution in [1.82, 2.24) is 9.80 Å². The van der Waals surface area contributed by atoms with Gasteiger partial charge in [-0.05, 0) is 28.9 Å². The van der Waals surface area contributed by atoms with Crippen LogP contribution in [0, 0.1) is 11.8 Å². The summed E-state index contributed by atoms with van der Waals surface area (Å²) in [5, 5.41) is 0. The van der Waals surface area contributed by atoms with Crippen molar-refractivity contribution in [2.75, 3.05) is 26.7 Å². The summed E-state index contributed by atoms with van der Waals surface area (Å²) in [5.41, 5.74) is 2.94. The van der Waals surface area contributed by atoms with Gasteiger partial charge in [0.25, 0.3) is 0 Å². The first kappa shape index (κ1) is 15.5. The maximum Gasteiger partial charge on any atom is 0.227 e. The van der Waals surface area contributed by atoms with Gasteiger partial charge in [0, 0.05) is 33.2 Å². The van der Waals surface area contributed by atoms with Crippen LogP contribution in [0.3, 0.4) is 0 Å². The van der Waals surface area contributed by atoms with Gasteiger partial charge in [0.15, 0.2) is 0 Å². The van der Waals surface area contributed by atoms with E-state index in [4.69, 9.17) is 0 Å². The number of benzene rings is 1. The zero-order chi connectivity index (χ0) is 15.9. The number of nitrogens with zero attached hydrogens (tertiary/aromatic N) is 2. The van der Waals surface area contributed by atoms with E-state index >= 15 is 0 Å². The van der Waals surface area contributed by atoms with Crippen molar-refractivity contribution in [3.8, 4) is 0 Å². The second kappa shape index (κ2) is 5.69. The molecule has 0 aromatic heterocycles. The zero-order valence-corrected chi connectivity index (χ0v) is 14.3. The van der Waals surface area contributed by atoms with E-state index in [0.717, 1.165) is 32.6 Å². The van der Waals surface area contributed by atoms with Crippen LogP contribution in [0.4, 0.5) is 0 Å². The maximum atomic E-state index is 12.3. The molecule has 3 rings (SSSR count). The van der Waals surface area contributed by atoms with Crippen molar-refractivity contribution < 1.29 is 4.79 Å². The largest absolute Gasteiger partial charge is 0.345 e. The van der Waals surface area contributed by atoms with Crippen LogP contribution in [0.5, 0.6) is 0 Å². The molecular formula is C19H28N2O. The number of rotatable bonds is 2. The smallest absolute Gasteiger partial charge is 0.227 e. The third-order valence-electron chi connectivity index (χ3n) is 5.27. The average molecular weight is 300 g/mol. The van der Waals surface area contributed by atoms with Crippen LogP contribution in [0.15, 0.2) is 24.3 Å². The number of hydrogen-bond acceptors (Lipinski definition) is 2. The third kappa shape index (κ3) is 3.05. The summed E-state index contributed by atoms with van der Waals surface area (Å²) in [6, 6.07) is 8.99. The van der Waals surface area contributed by atoms with Crippen molar-refractivity contribution in [3.63, 3.8) is 0 Å². The van der Waals surface area contributed by atoms with Gasteiger partial charge in [0.2, 0.25) is 5.91 Å². The molecule has 1 amide bonds. The summed E-state index contributed by atoms with van der Waals surface area (Å²) >= 11 is 0. The molecule has 22 heavy (non-hydrogen) atoms. The topological polar surface area (TPSA) is 23.6 Å². The summed E-state index contributed by atoms with van der Waals surface area (Å²) in [7, 11) is 1.94. The molecule has 0 N–H and O–H groups in total. The summed E-state index contributed by atoms with van der Waals surface area (Å²) in [5.74, 6) is 1.15. The first-order chi connectivity index (χ1) is 10.3. The number of hydrogen-bond donors (Lipinski definition) is 0. The fraction of sp³-hybridized carbons (Fsp3) is 0.632. The summed E-state index contributed by atoms with van der Waals surface area (Å²) in [6.07, 6.45) is 1.16. The number of likely N-dealkylation sites (tertiary alicyclic amines) is 2. The number of amides is 1. The molecular weight excluding hydrogens is 272 g/mol. The fourth-order valence-corrected chi connectivity index (χ4v) is 3.78. The lowest BCUT2D eigenvalue weighted by molar-refractivity contribution is -0.137. The van der Waals surface area contributed by atoms with Crippen LogP contribution >= 0.6 is 0 Å². The van der Waals surface area contributed by atoms with E-state index in [1.165, 1.54) is 11.1 Å². The molecule has 2 aliphatic rings. The molecule has 2 saturated heterocycles. The lowest BCUT2D eigenvalue weighted by atomic mass is 9.87. The van der Waals surface area contributed by atoms with Gasteiger partial charge in [0.1, 0.15) is 0 Å². The minimum Gasteiger partial charge on any atom is -0.345 e. The van der Waals surface area contributed by atoms with E-state index < -0.39 is 0 Å². The van der Waals surface area contributed by atoms with Gasteiger partial charge < -0.3 is 4.90 Å². The molecule has 0 aliphatic carbocycles. The first-order valence-corrected chi connectivity index (χ1v) is 8.41. The Labute approximate surface area is 134 Å². The Morgan fingerprint density at radius 1 is 1.14 bits per heavy atom. The molecule has 2 heterocycles. The highest BCUT2D eigenvalue weighted by atomic mass is 16.2. The highest BCUT2D eigenvalue weighted by molar-refractivity contribution is 5.80. The normalized spacial score (nSPS) is 26.4. The second-order valence-corrected chi connectivity index (χ2v) is 8.06. The van der Waals surface area contributed by atoms with Crippen LogP contribution < -0.4 is 0 Å². The van der Waals surface area contributed by atoms with E-state index in [1.807, 2.05) is 11.9 Å².